The van der Waals surface area contributed by atoms with Crippen molar-refractivity contribution in [2.24, 2.45) is 0 Å². The summed E-state index contributed by atoms with van der Waals surface area (Å²) in [7, 11) is 0. The van der Waals surface area contributed by atoms with E-state index in [1.54, 1.807) is 35.6 Å². The van der Waals surface area contributed by atoms with Crippen LogP contribution in [-0.2, 0) is 4.74 Å². The number of carbonyl (C=O) groups is 1. The number of carbonyl (C=O) groups excluding carboxylic acids is 1. The van der Waals surface area contributed by atoms with Crippen molar-refractivity contribution in [1.29, 1.82) is 0 Å². The fourth-order valence-electron chi connectivity index (χ4n) is 3.36. The topological polar surface area (TPSA) is 68.5 Å². The summed E-state index contributed by atoms with van der Waals surface area (Å²) in [5, 5.41) is 7.46. The summed E-state index contributed by atoms with van der Waals surface area (Å²) in [5.74, 6) is 0. The Hall–Kier alpha value is -3.32. The van der Waals surface area contributed by atoms with Gasteiger partial charge in [-0.1, -0.05) is 42.1 Å². The fraction of sp³-hybridized carbons (Fsp3) is 0.174. The van der Waals surface area contributed by atoms with Crippen molar-refractivity contribution < 1.29 is 9.53 Å². The van der Waals surface area contributed by atoms with E-state index >= 15 is 0 Å². The van der Waals surface area contributed by atoms with Gasteiger partial charge in [-0.3, -0.25) is 0 Å². The molecule has 0 bridgehead atoms. The lowest BCUT2D eigenvalue weighted by Gasteiger charge is -2.23. The zero-order chi connectivity index (χ0) is 20.9. The zero-order valence-electron chi connectivity index (χ0n) is 16.8. The molecule has 1 atom stereocenters. The quantitative estimate of drug-likeness (QED) is 0.476. The highest BCUT2D eigenvalue weighted by molar-refractivity contribution is 7.99. The Labute approximate surface area is 179 Å². The van der Waals surface area contributed by atoms with E-state index < -0.39 is 12.1 Å². The van der Waals surface area contributed by atoms with Crippen LogP contribution in [0.4, 0.5) is 4.79 Å². The number of aromatic nitrogens is 3. The van der Waals surface area contributed by atoms with Crippen LogP contribution in [-0.4, -0.2) is 27.3 Å². The number of hydrogen-bond acceptors (Lipinski definition) is 5. The Morgan fingerprint density at radius 2 is 1.97 bits per heavy atom. The number of hydrogen-bond donors (Lipinski definition) is 1. The summed E-state index contributed by atoms with van der Waals surface area (Å²) in [6.45, 7) is 4.12. The Balaban J connectivity index is 1.84. The third kappa shape index (κ3) is 4.16. The zero-order valence-corrected chi connectivity index (χ0v) is 17.6. The molecule has 0 aliphatic carbocycles. The molecule has 6 nitrogen and oxygen atoms in total. The maximum atomic E-state index is 12.4. The average molecular weight is 419 g/mol. The standard InChI is InChI=1S/C23H22N4O2S/c1-3-29-23(28)26-22(18-15-24-20-13-8-14-25-27(18)20)21-16(2)9-7-12-19(21)30-17-10-5-4-6-11-17/h4-15,22H,3H2,1-2H3,(H,26,28). The lowest BCUT2D eigenvalue weighted by atomic mass is 9.99. The van der Waals surface area contributed by atoms with Gasteiger partial charge in [0.15, 0.2) is 5.65 Å². The Morgan fingerprint density at radius 3 is 2.77 bits per heavy atom. The molecule has 152 valence electrons. The molecule has 0 radical (unpaired) electrons. The minimum atomic E-state index is -0.479. The van der Waals surface area contributed by atoms with E-state index in [0.29, 0.717) is 12.3 Å². The molecule has 1 unspecified atom stereocenters. The second-order valence-electron chi connectivity index (χ2n) is 6.68. The predicted molar refractivity (Wildman–Crippen MR) is 117 cm³/mol. The minimum Gasteiger partial charge on any atom is -0.450 e. The van der Waals surface area contributed by atoms with Gasteiger partial charge in [-0.2, -0.15) is 5.10 Å². The third-order valence-electron chi connectivity index (χ3n) is 4.68. The molecule has 2 aromatic carbocycles. The van der Waals surface area contributed by atoms with Gasteiger partial charge >= 0.3 is 6.09 Å². The van der Waals surface area contributed by atoms with Crippen molar-refractivity contribution >= 4 is 23.5 Å². The minimum absolute atomic E-state index is 0.295. The monoisotopic (exact) mass is 418 g/mol. The van der Waals surface area contributed by atoms with Crippen molar-refractivity contribution in [2.75, 3.05) is 6.61 Å². The number of aryl methyl sites for hydroxylation is 1. The van der Waals surface area contributed by atoms with Crippen molar-refractivity contribution in [3.63, 3.8) is 0 Å². The molecule has 30 heavy (non-hydrogen) atoms. The highest BCUT2D eigenvalue weighted by Crippen LogP contribution is 2.37. The van der Waals surface area contributed by atoms with E-state index in [9.17, 15) is 4.79 Å². The lowest BCUT2D eigenvalue weighted by molar-refractivity contribution is 0.149. The van der Waals surface area contributed by atoms with Gasteiger partial charge in [0.05, 0.1) is 18.5 Å². The summed E-state index contributed by atoms with van der Waals surface area (Å²) >= 11 is 1.66. The van der Waals surface area contributed by atoms with E-state index in [-0.39, 0.29) is 0 Å². The highest BCUT2D eigenvalue weighted by Gasteiger charge is 2.26. The molecule has 4 aromatic rings. The number of alkyl carbamates (subject to hydrolysis) is 1. The van der Waals surface area contributed by atoms with Crippen LogP contribution in [0.2, 0.25) is 0 Å². The first-order valence-electron chi connectivity index (χ1n) is 9.71. The van der Waals surface area contributed by atoms with Crippen molar-refractivity contribution in [1.82, 2.24) is 19.9 Å². The molecular formula is C23H22N4O2S. The molecule has 0 aliphatic rings. The summed E-state index contributed by atoms with van der Waals surface area (Å²) in [6.07, 6.45) is 2.98. The van der Waals surface area contributed by atoms with Gasteiger partial charge in [0.1, 0.15) is 6.04 Å². The molecule has 4 rings (SSSR count). The molecule has 1 N–H and O–H groups in total. The Bertz CT molecular complexity index is 1160. The van der Waals surface area contributed by atoms with Crippen LogP contribution in [0.5, 0.6) is 0 Å². The molecule has 7 heteroatoms. The number of nitrogens with zero attached hydrogens (tertiary/aromatic N) is 3. The van der Waals surface area contributed by atoms with Crippen molar-refractivity contribution in [2.45, 2.75) is 29.7 Å². The van der Waals surface area contributed by atoms with Crippen LogP contribution in [0.1, 0.15) is 29.8 Å². The SMILES string of the molecule is CCOC(=O)NC(c1c(C)cccc1Sc1ccccc1)c1cnc2cccnn12. The first kappa shape index (κ1) is 20.0. The fourth-order valence-corrected chi connectivity index (χ4v) is 4.44. The van der Waals surface area contributed by atoms with Gasteiger partial charge in [-0.05, 0) is 55.3 Å². The largest absolute Gasteiger partial charge is 0.450 e. The number of ether oxygens (including phenoxy) is 1. The van der Waals surface area contributed by atoms with E-state index in [1.807, 2.05) is 49.4 Å². The van der Waals surface area contributed by atoms with Crippen LogP contribution in [0, 0.1) is 6.92 Å². The molecule has 0 saturated heterocycles. The van der Waals surface area contributed by atoms with Crippen molar-refractivity contribution in [3.8, 4) is 0 Å². The smallest absolute Gasteiger partial charge is 0.407 e. The summed E-state index contributed by atoms with van der Waals surface area (Å²) in [5.41, 5.74) is 3.53. The number of fused-ring (bicyclic) bond motifs is 1. The molecule has 0 aliphatic heterocycles. The molecular weight excluding hydrogens is 396 g/mol. The maximum Gasteiger partial charge on any atom is 0.407 e. The average Bonchev–Trinajstić information content (AvgIpc) is 3.18. The van der Waals surface area contributed by atoms with E-state index in [4.69, 9.17) is 4.74 Å². The first-order valence-corrected chi connectivity index (χ1v) is 10.5. The van der Waals surface area contributed by atoms with Gasteiger partial charge in [0.25, 0.3) is 0 Å². The number of imidazole rings is 1. The molecule has 2 heterocycles. The molecule has 0 fully saturated rings. The van der Waals surface area contributed by atoms with Gasteiger partial charge in [0, 0.05) is 16.0 Å². The molecule has 1 amide bonds. The van der Waals surface area contributed by atoms with Crippen LogP contribution in [0.15, 0.2) is 82.8 Å². The van der Waals surface area contributed by atoms with Gasteiger partial charge < -0.3 is 10.1 Å². The predicted octanol–water partition coefficient (Wildman–Crippen LogP) is 5.02. The van der Waals surface area contributed by atoms with Crippen LogP contribution >= 0.6 is 11.8 Å². The third-order valence-corrected chi connectivity index (χ3v) is 5.77. The van der Waals surface area contributed by atoms with Crippen LogP contribution < -0.4 is 5.32 Å². The highest BCUT2D eigenvalue weighted by atomic mass is 32.2. The van der Waals surface area contributed by atoms with Crippen molar-refractivity contribution in [3.05, 3.63) is 89.9 Å². The van der Waals surface area contributed by atoms with Crippen LogP contribution in [0.25, 0.3) is 5.65 Å². The van der Waals surface area contributed by atoms with E-state index in [0.717, 1.165) is 26.6 Å². The molecule has 0 spiro atoms. The van der Waals surface area contributed by atoms with E-state index in [1.165, 1.54) is 0 Å². The van der Waals surface area contributed by atoms with Gasteiger partial charge in [0.2, 0.25) is 0 Å². The van der Waals surface area contributed by atoms with Gasteiger partial charge in [-0.15, -0.1) is 0 Å². The second-order valence-corrected chi connectivity index (χ2v) is 7.79. The molecule has 2 aromatic heterocycles. The molecule has 0 saturated carbocycles. The van der Waals surface area contributed by atoms with Gasteiger partial charge in [-0.25, -0.2) is 14.3 Å². The number of nitrogens with one attached hydrogen (secondary N) is 1. The first-order chi connectivity index (χ1) is 14.7. The number of benzene rings is 2. The number of rotatable bonds is 6. The maximum absolute atomic E-state index is 12.4. The Morgan fingerprint density at radius 1 is 1.13 bits per heavy atom. The summed E-state index contributed by atoms with van der Waals surface area (Å²) in [6, 6.07) is 19.6. The summed E-state index contributed by atoms with van der Waals surface area (Å²) < 4.78 is 6.95. The summed E-state index contributed by atoms with van der Waals surface area (Å²) in [4.78, 5) is 19.1. The normalized spacial score (nSPS) is 11.9. The second kappa shape index (κ2) is 9.00. The lowest BCUT2D eigenvalue weighted by Crippen LogP contribution is -2.31. The van der Waals surface area contributed by atoms with Crippen LogP contribution in [0.3, 0.4) is 0 Å². The number of amides is 1. The van der Waals surface area contributed by atoms with E-state index in [2.05, 4.69) is 33.6 Å². The Kier molecular flexibility index (Phi) is 5.99.